The number of amides is 1. The van der Waals surface area contributed by atoms with Gasteiger partial charge in [-0.2, -0.15) is 0 Å². The van der Waals surface area contributed by atoms with Gasteiger partial charge in [0, 0.05) is 5.56 Å². The molecule has 1 aromatic rings. The van der Waals surface area contributed by atoms with Crippen LogP contribution in [-0.2, 0) is 4.79 Å². The fourth-order valence-electron chi connectivity index (χ4n) is 1.58. The van der Waals surface area contributed by atoms with Crippen LogP contribution in [0.5, 0.6) is 11.5 Å². The number of thioether (sulfide) groups is 1. The van der Waals surface area contributed by atoms with Gasteiger partial charge in [-0.3, -0.25) is 4.79 Å². The molecular formula is C12H8F3NO3S2. The van der Waals surface area contributed by atoms with Gasteiger partial charge in [0.1, 0.15) is 15.8 Å². The molecule has 1 heterocycles. The molecule has 0 bridgehead atoms. The fourth-order valence-corrected chi connectivity index (χ4v) is 2.62. The minimum Gasteiger partial charge on any atom is -0.496 e. The van der Waals surface area contributed by atoms with E-state index in [1.54, 1.807) is 0 Å². The molecule has 9 heteroatoms. The van der Waals surface area contributed by atoms with E-state index in [2.05, 4.69) is 10.1 Å². The predicted molar refractivity (Wildman–Crippen MR) is 76.0 cm³/mol. The molecule has 1 N–H and O–H groups in total. The van der Waals surface area contributed by atoms with E-state index in [9.17, 15) is 18.0 Å². The van der Waals surface area contributed by atoms with Gasteiger partial charge in [0.2, 0.25) is 0 Å². The van der Waals surface area contributed by atoms with Gasteiger partial charge in [0.05, 0.1) is 12.0 Å². The van der Waals surface area contributed by atoms with Crippen LogP contribution in [0.3, 0.4) is 0 Å². The Kier molecular flexibility index (Phi) is 4.43. The van der Waals surface area contributed by atoms with Gasteiger partial charge in [-0.15, -0.1) is 13.2 Å². The van der Waals surface area contributed by atoms with Crippen molar-refractivity contribution in [3.63, 3.8) is 0 Å². The number of benzene rings is 1. The Labute approximate surface area is 127 Å². The minimum atomic E-state index is -4.79. The highest BCUT2D eigenvalue weighted by Gasteiger charge is 2.31. The minimum absolute atomic E-state index is 0.266. The summed E-state index contributed by atoms with van der Waals surface area (Å²) < 4.78 is 45.8. The quantitative estimate of drug-likeness (QED) is 0.679. The van der Waals surface area contributed by atoms with Gasteiger partial charge in [-0.25, -0.2) is 0 Å². The number of ether oxygens (including phenoxy) is 2. The van der Waals surface area contributed by atoms with Crippen LogP contribution in [0.25, 0.3) is 6.08 Å². The smallest absolute Gasteiger partial charge is 0.496 e. The molecule has 0 aliphatic carbocycles. The zero-order valence-corrected chi connectivity index (χ0v) is 12.1. The fraction of sp³-hybridized carbons (Fsp3) is 0.167. The normalized spacial score (nSPS) is 17.0. The maximum atomic E-state index is 12.2. The highest BCUT2D eigenvalue weighted by Crippen LogP contribution is 2.33. The van der Waals surface area contributed by atoms with Gasteiger partial charge >= 0.3 is 6.36 Å². The number of carbonyl (C=O) groups excluding carboxylic acids is 1. The van der Waals surface area contributed by atoms with Crippen molar-refractivity contribution in [2.45, 2.75) is 6.36 Å². The zero-order chi connectivity index (χ0) is 15.6. The summed E-state index contributed by atoms with van der Waals surface area (Å²) in [7, 11) is 1.37. The van der Waals surface area contributed by atoms with Crippen molar-refractivity contribution in [1.29, 1.82) is 0 Å². The average Bonchev–Trinajstić information content (AvgIpc) is 2.66. The summed E-state index contributed by atoms with van der Waals surface area (Å²) in [5, 5.41) is 2.41. The number of hydrogen-bond acceptors (Lipinski definition) is 5. The lowest BCUT2D eigenvalue weighted by molar-refractivity contribution is -0.274. The van der Waals surface area contributed by atoms with Crippen LogP contribution in [0.4, 0.5) is 13.2 Å². The van der Waals surface area contributed by atoms with Crippen molar-refractivity contribution >= 4 is 40.3 Å². The molecule has 1 amide bonds. The van der Waals surface area contributed by atoms with Gasteiger partial charge in [0.15, 0.2) is 0 Å². The van der Waals surface area contributed by atoms with E-state index in [4.69, 9.17) is 17.0 Å². The maximum Gasteiger partial charge on any atom is 0.573 e. The molecule has 0 aromatic heterocycles. The second-order valence-electron chi connectivity index (χ2n) is 3.80. The lowest BCUT2D eigenvalue weighted by Crippen LogP contribution is -2.17. The molecule has 4 nitrogen and oxygen atoms in total. The summed E-state index contributed by atoms with van der Waals surface area (Å²) in [4.78, 5) is 11.8. The Morgan fingerprint density at radius 3 is 2.62 bits per heavy atom. The topological polar surface area (TPSA) is 47.6 Å². The average molecular weight is 335 g/mol. The number of halogens is 3. The Balaban J connectivity index is 2.37. The number of thiocarbonyl (C=S) groups is 1. The summed E-state index contributed by atoms with van der Waals surface area (Å²) in [6.45, 7) is 0. The molecule has 1 aliphatic rings. The van der Waals surface area contributed by atoms with Gasteiger partial charge in [-0.1, -0.05) is 24.0 Å². The Morgan fingerprint density at radius 2 is 2.10 bits per heavy atom. The number of hydrogen-bond donors (Lipinski definition) is 1. The third kappa shape index (κ3) is 4.11. The Bertz CT molecular complexity index is 629. The first-order chi connectivity index (χ1) is 9.78. The summed E-state index contributed by atoms with van der Waals surface area (Å²) >= 11 is 5.85. The predicted octanol–water partition coefficient (Wildman–Crippen LogP) is 3.08. The molecule has 2 rings (SSSR count). The monoisotopic (exact) mass is 335 g/mol. The van der Waals surface area contributed by atoms with E-state index < -0.39 is 18.0 Å². The van der Waals surface area contributed by atoms with Crippen molar-refractivity contribution in [3.05, 3.63) is 28.7 Å². The molecule has 0 atom stereocenters. The summed E-state index contributed by atoms with van der Waals surface area (Å²) in [5.74, 6) is -0.501. The van der Waals surface area contributed by atoms with E-state index in [1.165, 1.54) is 19.3 Å². The molecule has 1 saturated heterocycles. The van der Waals surface area contributed by atoms with Gasteiger partial charge in [-0.05, 0) is 24.3 Å². The third-order valence-electron chi connectivity index (χ3n) is 2.36. The van der Waals surface area contributed by atoms with E-state index in [0.29, 0.717) is 5.75 Å². The first kappa shape index (κ1) is 15.6. The molecular weight excluding hydrogens is 327 g/mol. The molecule has 112 valence electrons. The lowest BCUT2D eigenvalue weighted by atomic mass is 10.1. The molecule has 1 aliphatic heterocycles. The number of rotatable bonds is 3. The number of carbonyl (C=O) groups is 1. The second-order valence-corrected chi connectivity index (χ2v) is 5.52. The molecule has 0 radical (unpaired) electrons. The molecule has 0 spiro atoms. The molecule has 21 heavy (non-hydrogen) atoms. The van der Waals surface area contributed by atoms with Gasteiger partial charge in [0.25, 0.3) is 5.91 Å². The van der Waals surface area contributed by atoms with Crippen LogP contribution >= 0.6 is 24.0 Å². The highest BCUT2D eigenvalue weighted by atomic mass is 32.2. The largest absolute Gasteiger partial charge is 0.573 e. The van der Waals surface area contributed by atoms with Crippen LogP contribution in [0.1, 0.15) is 5.56 Å². The van der Waals surface area contributed by atoms with Gasteiger partial charge < -0.3 is 14.8 Å². The number of alkyl halides is 3. The maximum absolute atomic E-state index is 12.2. The second kappa shape index (κ2) is 5.94. The van der Waals surface area contributed by atoms with Crippen LogP contribution in [0.2, 0.25) is 0 Å². The van der Waals surface area contributed by atoms with Crippen LogP contribution in [0, 0.1) is 0 Å². The van der Waals surface area contributed by atoms with Crippen molar-refractivity contribution in [2.75, 3.05) is 7.11 Å². The molecule has 1 fully saturated rings. The lowest BCUT2D eigenvalue weighted by Gasteiger charge is -2.11. The van der Waals surface area contributed by atoms with E-state index in [1.807, 2.05) is 0 Å². The van der Waals surface area contributed by atoms with Crippen molar-refractivity contribution < 1.29 is 27.4 Å². The summed E-state index contributed by atoms with van der Waals surface area (Å²) in [5.41, 5.74) is 0.279. The first-order valence-electron chi connectivity index (χ1n) is 5.47. The van der Waals surface area contributed by atoms with E-state index in [0.717, 1.165) is 23.9 Å². The van der Waals surface area contributed by atoms with Crippen LogP contribution in [0.15, 0.2) is 23.1 Å². The van der Waals surface area contributed by atoms with Crippen molar-refractivity contribution in [3.8, 4) is 11.5 Å². The highest BCUT2D eigenvalue weighted by molar-refractivity contribution is 8.26. The van der Waals surface area contributed by atoms with Crippen LogP contribution in [-0.4, -0.2) is 23.7 Å². The van der Waals surface area contributed by atoms with Crippen LogP contribution < -0.4 is 14.8 Å². The zero-order valence-electron chi connectivity index (χ0n) is 10.5. The SMILES string of the molecule is COc1ccc(OC(F)(F)F)cc1/C=C1\SC(=S)NC1=O. The Morgan fingerprint density at radius 1 is 1.38 bits per heavy atom. The number of methoxy groups -OCH3 is 1. The first-order valence-corrected chi connectivity index (χ1v) is 6.69. The van der Waals surface area contributed by atoms with E-state index in [-0.39, 0.29) is 14.8 Å². The molecule has 0 unspecified atom stereocenters. The van der Waals surface area contributed by atoms with Crippen molar-refractivity contribution in [1.82, 2.24) is 5.32 Å². The summed E-state index contributed by atoms with van der Waals surface area (Å²) in [6, 6.07) is 3.58. The number of nitrogens with one attached hydrogen (secondary N) is 1. The molecule has 0 saturated carbocycles. The van der Waals surface area contributed by atoms with Crippen molar-refractivity contribution in [2.24, 2.45) is 0 Å². The molecule has 1 aromatic carbocycles. The Hall–Kier alpha value is -1.74. The standard InChI is InChI=1S/C12H8F3NO3S2/c1-18-8-3-2-7(19-12(13,14)15)4-6(8)5-9-10(17)16-11(20)21-9/h2-5H,1H3,(H,16,17,20)/b9-5-. The summed E-state index contributed by atoms with van der Waals surface area (Å²) in [6.07, 6.45) is -3.40. The van der Waals surface area contributed by atoms with E-state index >= 15 is 0 Å². The third-order valence-corrected chi connectivity index (χ3v) is 3.53.